The van der Waals surface area contributed by atoms with Crippen molar-refractivity contribution in [2.75, 3.05) is 18.5 Å². The van der Waals surface area contributed by atoms with Crippen molar-refractivity contribution in [3.8, 4) is 0 Å². The van der Waals surface area contributed by atoms with E-state index in [2.05, 4.69) is 6.07 Å². The van der Waals surface area contributed by atoms with Crippen molar-refractivity contribution in [3.63, 3.8) is 0 Å². The van der Waals surface area contributed by atoms with Gasteiger partial charge in [0, 0.05) is 18.9 Å². The molecule has 1 fully saturated rings. The van der Waals surface area contributed by atoms with Gasteiger partial charge >= 0.3 is 6.03 Å². The van der Waals surface area contributed by atoms with E-state index >= 15 is 0 Å². The zero-order valence-electron chi connectivity index (χ0n) is 16.6. The van der Waals surface area contributed by atoms with Gasteiger partial charge in [-0.2, -0.15) is 0 Å². The molecule has 0 bridgehead atoms. The third kappa shape index (κ3) is 2.51. The Morgan fingerprint density at radius 1 is 1.18 bits per heavy atom. The molecule has 1 aromatic rings. The van der Waals surface area contributed by atoms with Crippen molar-refractivity contribution in [1.29, 1.82) is 0 Å². The zero-order chi connectivity index (χ0) is 20.3. The Morgan fingerprint density at radius 3 is 2.54 bits per heavy atom. The summed E-state index contributed by atoms with van der Waals surface area (Å²) >= 11 is 0. The summed E-state index contributed by atoms with van der Waals surface area (Å²) in [7, 11) is 1.61. The summed E-state index contributed by atoms with van der Waals surface area (Å²) in [5.41, 5.74) is 4.19. The van der Waals surface area contributed by atoms with Crippen LogP contribution in [-0.4, -0.2) is 64.2 Å². The molecule has 1 aromatic carbocycles. The number of hydrogen-bond donors (Lipinski definition) is 0. The number of fused-ring (bicyclic) bond motifs is 3. The number of allylic oxidation sites excluding steroid dienone is 1. The molecule has 3 heterocycles. The highest BCUT2D eigenvalue weighted by Gasteiger charge is 2.54. The minimum Gasteiger partial charge on any atom is -0.302 e. The fourth-order valence-corrected chi connectivity index (χ4v) is 4.08. The van der Waals surface area contributed by atoms with E-state index < -0.39 is 24.1 Å². The minimum atomic E-state index is -0.664. The molecule has 3 aliphatic rings. The van der Waals surface area contributed by atoms with Gasteiger partial charge in [0.1, 0.15) is 5.78 Å². The smallest absolute Gasteiger partial charge is 0.302 e. The molecule has 2 unspecified atom stereocenters. The summed E-state index contributed by atoms with van der Waals surface area (Å²) in [6, 6.07) is 5.02. The number of rotatable bonds is 3. The lowest BCUT2D eigenvalue weighted by Gasteiger charge is -2.39. The maximum Gasteiger partial charge on any atom is 0.328 e. The number of Topliss-reactive ketones (excluding diaryl/α,β-unsaturated/α-hetero) is 1. The Hall–Kier alpha value is -3.16. The van der Waals surface area contributed by atoms with E-state index in [1.54, 1.807) is 7.05 Å². The number of carbonyl (C=O) groups excluding carboxylic acids is 3. The number of ketones is 1. The molecule has 146 valence electrons. The molecule has 0 radical (unpaired) electrons. The Labute approximate surface area is 163 Å². The highest BCUT2D eigenvalue weighted by Crippen LogP contribution is 2.37. The average Bonchev–Trinajstić information content (AvgIpc) is 3.12. The van der Waals surface area contributed by atoms with Crippen LogP contribution in [0, 0.1) is 13.8 Å². The Kier molecular flexibility index (Phi) is 4.02. The van der Waals surface area contributed by atoms with Crippen molar-refractivity contribution in [1.82, 2.24) is 14.7 Å². The number of aliphatic imine (C=N–C) groups is 1. The van der Waals surface area contributed by atoms with E-state index in [9.17, 15) is 14.4 Å². The number of likely N-dealkylation sites (N-methyl/N-ethyl adjacent to an activating group) is 1. The highest BCUT2D eigenvalue weighted by atomic mass is 16.2. The molecule has 3 aliphatic heterocycles. The minimum absolute atomic E-state index is 0.224. The number of urea groups is 1. The van der Waals surface area contributed by atoms with Crippen LogP contribution in [0.1, 0.15) is 25.0 Å². The van der Waals surface area contributed by atoms with Crippen molar-refractivity contribution >= 4 is 29.4 Å². The van der Waals surface area contributed by atoms with Gasteiger partial charge in [-0.25, -0.2) is 9.79 Å². The maximum atomic E-state index is 13.1. The Bertz CT molecular complexity index is 967. The summed E-state index contributed by atoms with van der Waals surface area (Å²) in [6.07, 6.45) is 1.27. The SMILES string of the molecule is CC(=O)CN1C(=O)C2C(N=C3N(c4ccc(C)cc4C)C(C)=CN32)N(C)C1=O. The molecular weight excluding hydrogens is 358 g/mol. The maximum absolute atomic E-state index is 13.1. The van der Waals surface area contributed by atoms with Crippen LogP contribution in [-0.2, 0) is 9.59 Å². The van der Waals surface area contributed by atoms with Gasteiger partial charge in [-0.05, 0) is 39.3 Å². The number of aryl methyl sites for hydroxylation is 2. The van der Waals surface area contributed by atoms with Crippen molar-refractivity contribution < 1.29 is 14.4 Å². The summed E-state index contributed by atoms with van der Waals surface area (Å²) in [5.74, 6) is -0.0107. The van der Waals surface area contributed by atoms with Crippen LogP contribution in [0.2, 0.25) is 0 Å². The van der Waals surface area contributed by atoms with Gasteiger partial charge in [-0.3, -0.25) is 19.4 Å². The van der Waals surface area contributed by atoms with E-state index in [1.165, 1.54) is 17.4 Å². The topological polar surface area (TPSA) is 76.5 Å². The van der Waals surface area contributed by atoms with Gasteiger partial charge in [0.25, 0.3) is 5.91 Å². The molecule has 1 saturated heterocycles. The second-order valence-corrected chi connectivity index (χ2v) is 7.61. The molecular formula is C20H23N5O3. The zero-order valence-corrected chi connectivity index (χ0v) is 16.6. The second-order valence-electron chi connectivity index (χ2n) is 7.61. The van der Waals surface area contributed by atoms with E-state index in [-0.39, 0.29) is 12.3 Å². The monoisotopic (exact) mass is 381 g/mol. The number of anilines is 1. The molecule has 2 atom stereocenters. The van der Waals surface area contributed by atoms with Crippen LogP contribution in [0.25, 0.3) is 0 Å². The first kappa shape index (κ1) is 18.2. The van der Waals surface area contributed by atoms with Crippen LogP contribution >= 0.6 is 0 Å². The summed E-state index contributed by atoms with van der Waals surface area (Å²) in [5, 5.41) is 0. The fourth-order valence-electron chi connectivity index (χ4n) is 4.08. The van der Waals surface area contributed by atoms with Gasteiger partial charge in [0.15, 0.2) is 12.2 Å². The summed E-state index contributed by atoms with van der Waals surface area (Å²) in [4.78, 5) is 48.2. The van der Waals surface area contributed by atoms with Gasteiger partial charge < -0.3 is 9.80 Å². The van der Waals surface area contributed by atoms with Gasteiger partial charge in [-0.1, -0.05) is 17.7 Å². The molecule has 28 heavy (non-hydrogen) atoms. The molecule has 8 heteroatoms. The molecule has 3 amide bonds. The number of amides is 3. The lowest BCUT2D eigenvalue weighted by Crippen LogP contribution is -2.64. The number of nitrogens with zero attached hydrogens (tertiary/aromatic N) is 5. The van der Waals surface area contributed by atoms with E-state index in [0.717, 1.165) is 21.8 Å². The largest absolute Gasteiger partial charge is 0.328 e. The van der Waals surface area contributed by atoms with Crippen molar-refractivity contribution in [2.24, 2.45) is 4.99 Å². The number of benzene rings is 1. The first-order valence-electron chi connectivity index (χ1n) is 9.20. The Balaban J connectivity index is 1.74. The normalized spacial score (nSPS) is 23.8. The lowest BCUT2D eigenvalue weighted by atomic mass is 10.1. The van der Waals surface area contributed by atoms with E-state index in [4.69, 9.17) is 4.99 Å². The molecule has 0 spiro atoms. The standard InChI is InChI=1S/C20H23N5O3/c1-11-6-7-15(12(2)8-11)25-13(3)9-23-16-17(21-19(23)25)22(5)20(28)24(18(16)27)10-14(4)26/h6-9,16-17H,10H2,1-5H3. The lowest BCUT2D eigenvalue weighted by molar-refractivity contribution is -0.139. The van der Waals surface area contributed by atoms with Crippen LogP contribution in [0.4, 0.5) is 10.5 Å². The third-order valence-corrected chi connectivity index (χ3v) is 5.36. The molecule has 0 N–H and O–H groups in total. The van der Waals surface area contributed by atoms with Gasteiger partial charge in [0.2, 0.25) is 5.96 Å². The van der Waals surface area contributed by atoms with Gasteiger partial charge in [0.05, 0.1) is 12.2 Å². The number of carbonyl (C=O) groups is 3. The first-order valence-corrected chi connectivity index (χ1v) is 9.20. The number of hydrogen-bond acceptors (Lipinski definition) is 6. The predicted molar refractivity (Wildman–Crippen MR) is 105 cm³/mol. The third-order valence-electron chi connectivity index (χ3n) is 5.36. The second kappa shape index (κ2) is 6.19. The van der Waals surface area contributed by atoms with Crippen LogP contribution in [0.3, 0.4) is 0 Å². The molecule has 0 aliphatic carbocycles. The quantitative estimate of drug-likeness (QED) is 0.798. The number of guanidine groups is 1. The molecule has 0 aromatic heterocycles. The first-order chi connectivity index (χ1) is 13.2. The predicted octanol–water partition coefficient (Wildman–Crippen LogP) is 1.83. The van der Waals surface area contributed by atoms with Crippen LogP contribution < -0.4 is 4.90 Å². The van der Waals surface area contributed by atoms with Crippen molar-refractivity contribution in [3.05, 3.63) is 41.2 Å². The summed E-state index contributed by atoms with van der Waals surface area (Å²) < 4.78 is 0. The number of imide groups is 1. The van der Waals surface area contributed by atoms with E-state index in [1.807, 2.05) is 48.9 Å². The highest BCUT2D eigenvalue weighted by molar-refractivity contribution is 6.11. The molecule has 4 rings (SSSR count). The van der Waals surface area contributed by atoms with Crippen molar-refractivity contribution in [2.45, 2.75) is 39.9 Å². The molecule has 8 nitrogen and oxygen atoms in total. The van der Waals surface area contributed by atoms with Crippen LogP contribution in [0.15, 0.2) is 35.1 Å². The summed E-state index contributed by atoms with van der Waals surface area (Å²) in [6.45, 7) is 7.18. The Morgan fingerprint density at radius 2 is 1.89 bits per heavy atom. The average molecular weight is 381 g/mol. The fraction of sp³-hybridized carbons (Fsp3) is 0.400. The van der Waals surface area contributed by atoms with E-state index in [0.29, 0.717) is 5.96 Å². The van der Waals surface area contributed by atoms with Gasteiger partial charge in [-0.15, -0.1) is 0 Å². The molecule has 0 saturated carbocycles. The van der Waals surface area contributed by atoms with Crippen LogP contribution in [0.5, 0.6) is 0 Å².